The first-order valence-corrected chi connectivity index (χ1v) is 8.65. The lowest BCUT2D eigenvalue weighted by molar-refractivity contribution is 0.0951. The van der Waals surface area contributed by atoms with E-state index >= 15 is 0 Å². The van der Waals surface area contributed by atoms with Gasteiger partial charge in [0.25, 0.3) is 5.91 Å². The highest BCUT2D eigenvalue weighted by Gasteiger charge is 2.09. The van der Waals surface area contributed by atoms with Crippen LogP contribution in [-0.2, 0) is 13.6 Å². The predicted molar refractivity (Wildman–Crippen MR) is 104 cm³/mol. The van der Waals surface area contributed by atoms with Crippen molar-refractivity contribution in [2.45, 2.75) is 6.54 Å². The van der Waals surface area contributed by atoms with Crippen LogP contribution >= 0.6 is 0 Å². The third-order valence-electron chi connectivity index (χ3n) is 4.56. The molecule has 0 aliphatic heterocycles. The molecule has 0 aliphatic carbocycles. The molecule has 0 aliphatic rings. The monoisotopic (exact) mass is 360 g/mol. The van der Waals surface area contributed by atoms with Crippen LogP contribution in [0.5, 0.6) is 5.75 Å². The van der Waals surface area contributed by atoms with E-state index in [1.165, 1.54) is 0 Å². The standard InChI is InChI=1S/C21H20N4O2/c1-24-9-8-16-6-7-17(10-20(16)24)21(26)22-12-15-13-23-25(14-15)18-4-3-5-19(11-18)27-2/h3-11,13-14H,12H2,1-2H3,(H,22,26). The van der Waals surface area contributed by atoms with Crippen LogP contribution in [0.3, 0.4) is 0 Å². The first-order valence-electron chi connectivity index (χ1n) is 8.65. The largest absolute Gasteiger partial charge is 0.497 e. The molecule has 0 bridgehead atoms. The average Bonchev–Trinajstić information content (AvgIpc) is 3.33. The van der Waals surface area contributed by atoms with E-state index in [9.17, 15) is 4.79 Å². The summed E-state index contributed by atoms with van der Waals surface area (Å²) in [6, 6.07) is 15.4. The number of hydrogen-bond acceptors (Lipinski definition) is 3. The van der Waals surface area contributed by atoms with E-state index in [0.29, 0.717) is 12.1 Å². The normalized spacial score (nSPS) is 10.9. The molecule has 2 aromatic carbocycles. The highest BCUT2D eigenvalue weighted by molar-refractivity contribution is 5.98. The molecule has 2 aromatic heterocycles. The fourth-order valence-electron chi connectivity index (χ4n) is 3.03. The number of rotatable bonds is 5. The quantitative estimate of drug-likeness (QED) is 0.594. The van der Waals surface area contributed by atoms with Gasteiger partial charge in [0.15, 0.2) is 0 Å². The fraction of sp³-hybridized carbons (Fsp3) is 0.143. The van der Waals surface area contributed by atoms with Crippen LogP contribution < -0.4 is 10.1 Å². The molecule has 27 heavy (non-hydrogen) atoms. The van der Waals surface area contributed by atoms with Crippen molar-refractivity contribution in [1.29, 1.82) is 0 Å². The second-order valence-electron chi connectivity index (χ2n) is 6.38. The molecular formula is C21H20N4O2. The lowest BCUT2D eigenvalue weighted by Gasteiger charge is -2.05. The number of carbonyl (C=O) groups is 1. The molecule has 0 atom stereocenters. The molecule has 0 spiro atoms. The Morgan fingerprint density at radius 1 is 1.19 bits per heavy atom. The van der Waals surface area contributed by atoms with E-state index in [1.807, 2.05) is 72.5 Å². The number of aromatic nitrogens is 3. The maximum absolute atomic E-state index is 12.5. The Morgan fingerprint density at radius 3 is 2.93 bits per heavy atom. The van der Waals surface area contributed by atoms with Crippen molar-refractivity contribution in [3.8, 4) is 11.4 Å². The van der Waals surface area contributed by atoms with Gasteiger partial charge >= 0.3 is 0 Å². The summed E-state index contributed by atoms with van der Waals surface area (Å²) in [5.74, 6) is 0.668. The molecule has 0 saturated heterocycles. The Kier molecular flexibility index (Phi) is 4.38. The zero-order chi connectivity index (χ0) is 18.8. The summed E-state index contributed by atoms with van der Waals surface area (Å²) in [6.07, 6.45) is 5.63. The summed E-state index contributed by atoms with van der Waals surface area (Å²) >= 11 is 0. The molecule has 6 heteroatoms. The molecule has 1 N–H and O–H groups in total. The molecule has 4 rings (SSSR count). The number of nitrogens with one attached hydrogen (secondary N) is 1. The molecular weight excluding hydrogens is 340 g/mol. The van der Waals surface area contributed by atoms with E-state index in [2.05, 4.69) is 10.4 Å². The number of benzene rings is 2. The van der Waals surface area contributed by atoms with Crippen molar-refractivity contribution in [2.24, 2.45) is 7.05 Å². The van der Waals surface area contributed by atoms with Gasteiger partial charge in [0, 0.05) is 48.7 Å². The number of methoxy groups -OCH3 is 1. The summed E-state index contributed by atoms with van der Waals surface area (Å²) in [5, 5.41) is 8.44. The number of carbonyl (C=O) groups excluding carboxylic acids is 1. The van der Waals surface area contributed by atoms with Crippen molar-refractivity contribution in [3.05, 3.63) is 78.2 Å². The van der Waals surface area contributed by atoms with Gasteiger partial charge < -0.3 is 14.6 Å². The van der Waals surface area contributed by atoms with Crippen molar-refractivity contribution in [1.82, 2.24) is 19.7 Å². The van der Waals surface area contributed by atoms with E-state index < -0.39 is 0 Å². The van der Waals surface area contributed by atoms with Crippen LogP contribution in [0.4, 0.5) is 0 Å². The summed E-state index contributed by atoms with van der Waals surface area (Å²) in [6.45, 7) is 0.411. The predicted octanol–water partition coefficient (Wildman–Crippen LogP) is 3.30. The van der Waals surface area contributed by atoms with Gasteiger partial charge in [-0.05, 0) is 35.7 Å². The topological polar surface area (TPSA) is 61.1 Å². The maximum Gasteiger partial charge on any atom is 0.251 e. The number of aryl methyl sites for hydroxylation is 1. The van der Waals surface area contributed by atoms with E-state index in [1.54, 1.807) is 18.0 Å². The minimum atomic E-state index is -0.104. The maximum atomic E-state index is 12.5. The molecule has 0 saturated carbocycles. The Morgan fingerprint density at radius 2 is 2.07 bits per heavy atom. The van der Waals surface area contributed by atoms with E-state index in [4.69, 9.17) is 4.74 Å². The number of amides is 1. The van der Waals surface area contributed by atoms with Gasteiger partial charge in [0.05, 0.1) is 19.0 Å². The van der Waals surface area contributed by atoms with Gasteiger partial charge in [0.2, 0.25) is 0 Å². The van der Waals surface area contributed by atoms with E-state index in [-0.39, 0.29) is 5.91 Å². The van der Waals surface area contributed by atoms with Gasteiger partial charge in [-0.15, -0.1) is 0 Å². The smallest absolute Gasteiger partial charge is 0.251 e. The first-order chi connectivity index (χ1) is 13.1. The van der Waals surface area contributed by atoms with Gasteiger partial charge in [-0.25, -0.2) is 4.68 Å². The molecule has 0 radical (unpaired) electrons. The van der Waals surface area contributed by atoms with Crippen LogP contribution in [0, 0.1) is 0 Å². The third kappa shape index (κ3) is 3.42. The minimum absolute atomic E-state index is 0.104. The first kappa shape index (κ1) is 16.9. The molecule has 0 unspecified atom stereocenters. The van der Waals surface area contributed by atoms with Crippen LogP contribution in [0.2, 0.25) is 0 Å². The molecule has 136 valence electrons. The zero-order valence-electron chi connectivity index (χ0n) is 15.2. The third-order valence-corrected chi connectivity index (χ3v) is 4.56. The lowest BCUT2D eigenvalue weighted by atomic mass is 10.1. The SMILES string of the molecule is COc1cccc(-n2cc(CNC(=O)c3ccc4ccn(C)c4c3)cn2)c1. The summed E-state index contributed by atoms with van der Waals surface area (Å²) in [4.78, 5) is 12.5. The molecule has 2 heterocycles. The van der Waals surface area contributed by atoms with Gasteiger partial charge in [-0.2, -0.15) is 5.10 Å². The van der Waals surface area contributed by atoms with Gasteiger partial charge in [-0.1, -0.05) is 12.1 Å². The van der Waals surface area contributed by atoms with Crippen LogP contribution in [0.15, 0.2) is 67.1 Å². The molecule has 0 fully saturated rings. The Bertz CT molecular complexity index is 1110. The van der Waals surface area contributed by atoms with Gasteiger partial charge in [-0.3, -0.25) is 4.79 Å². The lowest BCUT2D eigenvalue weighted by Crippen LogP contribution is -2.22. The second kappa shape index (κ2) is 6.99. The van der Waals surface area contributed by atoms with Crippen molar-refractivity contribution in [3.63, 3.8) is 0 Å². The van der Waals surface area contributed by atoms with Crippen molar-refractivity contribution in [2.75, 3.05) is 7.11 Å². The van der Waals surface area contributed by atoms with Crippen LogP contribution in [0.1, 0.15) is 15.9 Å². The number of fused-ring (bicyclic) bond motifs is 1. The Hall–Kier alpha value is -3.54. The molecule has 6 nitrogen and oxygen atoms in total. The summed E-state index contributed by atoms with van der Waals surface area (Å²) in [5.41, 5.74) is 3.50. The van der Waals surface area contributed by atoms with Crippen molar-refractivity contribution >= 4 is 16.8 Å². The summed E-state index contributed by atoms with van der Waals surface area (Å²) < 4.78 is 9.01. The minimum Gasteiger partial charge on any atom is -0.497 e. The molecule has 1 amide bonds. The average molecular weight is 360 g/mol. The number of nitrogens with zero attached hydrogens (tertiary/aromatic N) is 3. The highest BCUT2D eigenvalue weighted by Crippen LogP contribution is 2.18. The fourth-order valence-corrected chi connectivity index (χ4v) is 3.03. The zero-order valence-corrected chi connectivity index (χ0v) is 15.2. The van der Waals surface area contributed by atoms with Crippen molar-refractivity contribution < 1.29 is 9.53 Å². The van der Waals surface area contributed by atoms with Gasteiger partial charge in [0.1, 0.15) is 5.75 Å². The number of ether oxygens (including phenoxy) is 1. The van der Waals surface area contributed by atoms with E-state index in [0.717, 1.165) is 27.9 Å². The summed E-state index contributed by atoms with van der Waals surface area (Å²) in [7, 11) is 3.60. The van der Waals surface area contributed by atoms with Crippen LogP contribution in [-0.4, -0.2) is 27.4 Å². The highest BCUT2D eigenvalue weighted by atomic mass is 16.5. The second-order valence-corrected chi connectivity index (χ2v) is 6.38. The van der Waals surface area contributed by atoms with Crippen LogP contribution in [0.25, 0.3) is 16.6 Å². The Balaban J connectivity index is 1.46. The number of hydrogen-bond donors (Lipinski definition) is 1. The Labute approximate surface area is 157 Å². The molecule has 4 aromatic rings.